The fraction of sp³-hybridized carbons (Fsp3) is 0.630. The summed E-state index contributed by atoms with van der Waals surface area (Å²) in [5.41, 5.74) is 0.906. The van der Waals surface area contributed by atoms with Crippen molar-refractivity contribution in [3.05, 3.63) is 42.0 Å². The lowest BCUT2D eigenvalue weighted by Crippen LogP contribution is -2.60. The van der Waals surface area contributed by atoms with Gasteiger partial charge in [-0.3, -0.25) is 9.59 Å². The monoisotopic (exact) mass is 436 g/mol. The smallest absolute Gasteiger partial charge is 0.251 e. The second-order valence-corrected chi connectivity index (χ2v) is 11.0. The summed E-state index contributed by atoms with van der Waals surface area (Å²) in [5, 5.41) is 3.40. The molecule has 7 atom stereocenters. The molecule has 1 heterocycles. The standard InChI is InChI=1S/C27H36N2O3/c1-26-15-13-21-19(9-12-23-27(21,2)16-14-24(30)29(23)3)20(26)10-11-22(26)28-25(31)17-5-7-18(32-4)8-6-17/h5-8,14,16,19-23H,9-13,15H2,1-4H3,(H,28,31)/t19-,20-,21+,22?,23?,26-,27+/m0/s1. The molecule has 5 heteroatoms. The molecule has 2 unspecified atom stereocenters. The highest BCUT2D eigenvalue weighted by Crippen LogP contribution is 2.63. The summed E-state index contributed by atoms with van der Waals surface area (Å²) in [7, 11) is 3.61. The number of nitrogens with zero attached hydrogens (tertiary/aromatic N) is 1. The number of rotatable bonds is 3. The molecule has 5 nitrogen and oxygen atoms in total. The molecule has 172 valence electrons. The molecule has 3 saturated carbocycles. The molecule has 0 spiro atoms. The van der Waals surface area contributed by atoms with E-state index in [2.05, 4.69) is 25.2 Å². The van der Waals surface area contributed by atoms with Crippen molar-refractivity contribution in [2.24, 2.45) is 28.6 Å². The van der Waals surface area contributed by atoms with Gasteiger partial charge in [0.2, 0.25) is 5.91 Å². The molecule has 0 saturated heterocycles. The lowest BCUT2D eigenvalue weighted by molar-refractivity contribution is -0.138. The van der Waals surface area contributed by atoms with E-state index >= 15 is 0 Å². The molecule has 3 fully saturated rings. The SMILES string of the molecule is COc1ccc(C(=O)NC2CC[C@H]3[C@@H]4CCC5N(C)C(=O)C=C[C@]5(C)[C@@H]4CC[C@]23C)cc1. The number of carbonyl (C=O) groups is 2. The Morgan fingerprint density at radius 2 is 1.81 bits per heavy atom. The predicted octanol–water partition coefficient (Wildman–Crippen LogP) is 4.43. The topological polar surface area (TPSA) is 58.6 Å². The van der Waals surface area contributed by atoms with E-state index in [0.29, 0.717) is 29.4 Å². The average molecular weight is 437 g/mol. The lowest BCUT2D eigenvalue weighted by atomic mass is 9.48. The third-order valence-corrected chi connectivity index (χ3v) is 9.79. The van der Waals surface area contributed by atoms with Crippen LogP contribution in [-0.2, 0) is 4.79 Å². The summed E-state index contributed by atoms with van der Waals surface area (Å²) in [6.07, 6.45) is 10.9. The second-order valence-electron chi connectivity index (χ2n) is 11.0. The van der Waals surface area contributed by atoms with Crippen LogP contribution in [0.15, 0.2) is 36.4 Å². The van der Waals surface area contributed by atoms with Crippen molar-refractivity contribution in [3.63, 3.8) is 0 Å². The van der Waals surface area contributed by atoms with Crippen molar-refractivity contribution >= 4 is 11.8 Å². The van der Waals surface area contributed by atoms with Gasteiger partial charge in [0.05, 0.1) is 7.11 Å². The Bertz CT molecular complexity index is 941. The van der Waals surface area contributed by atoms with Crippen molar-refractivity contribution in [3.8, 4) is 5.75 Å². The van der Waals surface area contributed by atoms with Gasteiger partial charge in [0.1, 0.15) is 5.75 Å². The van der Waals surface area contributed by atoms with Gasteiger partial charge in [-0.25, -0.2) is 0 Å². The van der Waals surface area contributed by atoms with E-state index in [4.69, 9.17) is 4.74 Å². The summed E-state index contributed by atoms with van der Waals surface area (Å²) in [4.78, 5) is 27.3. The van der Waals surface area contributed by atoms with Crippen LogP contribution >= 0.6 is 0 Å². The highest BCUT2D eigenvalue weighted by molar-refractivity contribution is 5.94. The second kappa shape index (κ2) is 7.64. The Balaban J connectivity index is 1.34. The number of hydrogen-bond acceptors (Lipinski definition) is 3. The fourth-order valence-electron chi connectivity index (χ4n) is 7.96. The first kappa shape index (κ1) is 21.5. The first-order valence-electron chi connectivity index (χ1n) is 12.2. The first-order valence-corrected chi connectivity index (χ1v) is 12.2. The number of nitrogens with one attached hydrogen (secondary N) is 1. The van der Waals surface area contributed by atoms with E-state index in [1.807, 2.05) is 36.2 Å². The van der Waals surface area contributed by atoms with Crippen LogP contribution in [0.25, 0.3) is 0 Å². The minimum absolute atomic E-state index is 0.0210. The molecule has 5 rings (SSSR count). The van der Waals surface area contributed by atoms with E-state index in [1.54, 1.807) is 13.2 Å². The molecule has 32 heavy (non-hydrogen) atoms. The molecule has 1 N–H and O–H groups in total. The van der Waals surface area contributed by atoms with Crippen molar-refractivity contribution < 1.29 is 14.3 Å². The lowest BCUT2D eigenvalue weighted by Gasteiger charge is -2.60. The molecule has 0 aromatic heterocycles. The van der Waals surface area contributed by atoms with E-state index in [0.717, 1.165) is 25.0 Å². The fourth-order valence-corrected chi connectivity index (χ4v) is 7.96. The molecule has 4 aliphatic rings. The number of benzene rings is 1. The summed E-state index contributed by atoms with van der Waals surface area (Å²) in [6, 6.07) is 7.91. The molecule has 1 aromatic carbocycles. The van der Waals surface area contributed by atoms with Crippen LogP contribution in [0.2, 0.25) is 0 Å². The number of ether oxygens (including phenoxy) is 1. The van der Waals surface area contributed by atoms with Crippen LogP contribution in [0, 0.1) is 28.6 Å². The van der Waals surface area contributed by atoms with Gasteiger partial charge in [-0.1, -0.05) is 19.9 Å². The van der Waals surface area contributed by atoms with Crippen LogP contribution in [-0.4, -0.2) is 43.0 Å². The Kier molecular flexibility index (Phi) is 5.14. The summed E-state index contributed by atoms with van der Waals surface area (Å²) < 4.78 is 5.22. The average Bonchev–Trinajstić information content (AvgIpc) is 3.13. The number of methoxy groups -OCH3 is 1. The zero-order valence-electron chi connectivity index (χ0n) is 19.8. The predicted molar refractivity (Wildman–Crippen MR) is 124 cm³/mol. The number of carbonyl (C=O) groups excluding carboxylic acids is 2. The van der Waals surface area contributed by atoms with Crippen LogP contribution in [0.3, 0.4) is 0 Å². The van der Waals surface area contributed by atoms with Gasteiger partial charge < -0.3 is 15.0 Å². The van der Waals surface area contributed by atoms with Crippen molar-refractivity contribution in [1.29, 1.82) is 0 Å². The normalized spacial score (nSPS) is 40.3. The maximum absolute atomic E-state index is 13.0. The van der Waals surface area contributed by atoms with Gasteiger partial charge in [0.15, 0.2) is 0 Å². The summed E-state index contributed by atoms with van der Waals surface area (Å²) in [6.45, 7) is 4.80. The van der Waals surface area contributed by atoms with Crippen LogP contribution in [0.1, 0.15) is 62.7 Å². The molecular formula is C27H36N2O3. The van der Waals surface area contributed by atoms with E-state index < -0.39 is 0 Å². The molecule has 3 aliphatic carbocycles. The Labute approximate surface area is 191 Å². The summed E-state index contributed by atoms with van der Waals surface area (Å²) >= 11 is 0. The molecule has 0 bridgehead atoms. The first-order chi connectivity index (χ1) is 15.3. The minimum Gasteiger partial charge on any atom is -0.497 e. The van der Waals surface area contributed by atoms with E-state index in [1.165, 1.54) is 19.3 Å². The Hall–Kier alpha value is -2.30. The van der Waals surface area contributed by atoms with Crippen LogP contribution < -0.4 is 10.1 Å². The molecule has 2 amide bonds. The largest absolute Gasteiger partial charge is 0.497 e. The highest BCUT2D eigenvalue weighted by Gasteiger charge is 2.60. The van der Waals surface area contributed by atoms with Crippen LogP contribution in [0.4, 0.5) is 0 Å². The molecule has 1 aromatic rings. The third kappa shape index (κ3) is 3.11. The van der Waals surface area contributed by atoms with E-state index in [-0.39, 0.29) is 28.7 Å². The zero-order valence-corrected chi connectivity index (χ0v) is 19.8. The number of hydrogen-bond donors (Lipinski definition) is 1. The van der Waals surface area contributed by atoms with Crippen molar-refractivity contribution in [1.82, 2.24) is 10.2 Å². The number of likely N-dealkylation sites (N-methyl/N-ethyl adjacent to an activating group) is 1. The molecular weight excluding hydrogens is 400 g/mol. The van der Waals surface area contributed by atoms with E-state index in [9.17, 15) is 9.59 Å². The highest BCUT2D eigenvalue weighted by atomic mass is 16.5. The van der Waals surface area contributed by atoms with Crippen LogP contribution in [0.5, 0.6) is 5.75 Å². The van der Waals surface area contributed by atoms with Crippen molar-refractivity contribution in [2.45, 2.75) is 64.5 Å². The number of amides is 2. The van der Waals surface area contributed by atoms with Gasteiger partial charge in [-0.2, -0.15) is 0 Å². The van der Waals surface area contributed by atoms with Gasteiger partial charge in [-0.15, -0.1) is 0 Å². The van der Waals surface area contributed by atoms with Gasteiger partial charge in [0, 0.05) is 30.1 Å². The number of fused-ring (bicyclic) bond motifs is 5. The summed E-state index contributed by atoms with van der Waals surface area (Å²) in [5.74, 6) is 2.85. The quantitative estimate of drug-likeness (QED) is 0.762. The Morgan fingerprint density at radius 1 is 1.06 bits per heavy atom. The third-order valence-electron chi connectivity index (χ3n) is 9.79. The van der Waals surface area contributed by atoms with Gasteiger partial charge in [-0.05, 0) is 92.0 Å². The van der Waals surface area contributed by atoms with Crippen molar-refractivity contribution in [2.75, 3.05) is 14.2 Å². The minimum atomic E-state index is 0.0210. The zero-order chi connectivity index (χ0) is 22.7. The maximum Gasteiger partial charge on any atom is 0.251 e. The molecule has 0 radical (unpaired) electrons. The van der Waals surface area contributed by atoms with Gasteiger partial charge >= 0.3 is 0 Å². The maximum atomic E-state index is 13.0. The van der Waals surface area contributed by atoms with Gasteiger partial charge in [0.25, 0.3) is 5.91 Å². The Morgan fingerprint density at radius 3 is 2.53 bits per heavy atom. The molecule has 1 aliphatic heterocycles.